The van der Waals surface area contributed by atoms with Crippen molar-refractivity contribution < 1.29 is 9.59 Å². The number of carbonyl (C=O) groups excluding carboxylic acids is 2. The highest BCUT2D eigenvalue weighted by Crippen LogP contribution is 2.28. The molecule has 5 nitrogen and oxygen atoms in total. The molecule has 0 radical (unpaired) electrons. The number of imidazole rings is 1. The van der Waals surface area contributed by atoms with Crippen LogP contribution in [0.5, 0.6) is 0 Å². The van der Waals surface area contributed by atoms with Gasteiger partial charge in [0, 0.05) is 40.7 Å². The first-order valence-electron chi connectivity index (χ1n) is 10.2. The number of Topliss-reactive ketones (excluding diaryl/α,β-unsaturated/α-hetero) is 1. The smallest absolute Gasteiger partial charge is 0.274 e. The van der Waals surface area contributed by atoms with Crippen LogP contribution in [0.25, 0.3) is 11.4 Å². The summed E-state index contributed by atoms with van der Waals surface area (Å²) in [7, 11) is 0. The van der Waals surface area contributed by atoms with Crippen LogP contribution in [-0.2, 0) is 0 Å². The molecule has 6 heteroatoms. The van der Waals surface area contributed by atoms with Crippen LogP contribution in [0.2, 0.25) is 0 Å². The number of aromatic amines is 1. The molecule has 1 unspecified atom stereocenters. The Morgan fingerprint density at radius 3 is 2.60 bits per heavy atom. The number of piperidine rings is 1. The first kappa shape index (κ1) is 20.4. The van der Waals surface area contributed by atoms with Crippen LogP contribution in [0.15, 0.2) is 59.5 Å². The summed E-state index contributed by atoms with van der Waals surface area (Å²) in [4.78, 5) is 37.0. The minimum Gasteiger partial charge on any atom is -0.341 e. The molecule has 2 aromatic carbocycles. The third kappa shape index (κ3) is 4.05. The van der Waals surface area contributed by atoms with Gasteiger partial charge in [-0.3, -0.25) is 9.59 Å². The van der Waals surface area contributed by atoms with Gasteiger partial charge in [0.05, 0.1) is 0 Å². The van der Waals surface area contributed by atoms with Crippen molar-refractivity contribution in [1.29, 1.82) is 0 Å². The van der Waals surface area contributed by atoms with Crippen LogP contribution < -0.4 is 0 Å². The van der Waals surface area contributed by atoms with Crippen LogP contribution in [0.4, 0.5) is 0 Å². The number of rotatable bonds is 5. The maximum atomic E-state index is 13.2. The minimum atomic E-state index is -0.177. The molecular weight excluding hydrogens is 394 g/mol. The van der Waals surface area contributed by atoms with E-state index in [-0.39, 0.29) is 17.6 Å². The number of ketones is 1. The molecule has 2 heterocycles. The number of nitrogens with zero attached hydrogens (tertiary/aromatic N) is 2. The molecule has 1 fully saturated rings. The zero-order chi connectivity index (χ0) is 21.1. The quantitative estimate of drug-likeness (QED) is 0.475. The molecule has 1 aliphatic rings. The molecule has 1 saturated heterocycles. The minimum absolute atomic E-state index is 0.110. The molecule has 30 heavy (non-hydrogen) atoms. The predicted octanol–water partition coefficient (Wildman–Crippen LogP) is 4.84. The molecule has 1 aromatic heterocycles. The Kier molecular flexibility index (Phi) is 6.04. The molecule has 1 N–H and O–H groups in total. The fraction of sp³-hybridized carbons (Fsp3) is 0.292. The number of likely N-dealkylation sites (tertiary alicyclic amines) is 1. The first-order chi connectivity index (χ1) is 14.6. The largest absolute Gasteiger partial charge is 0.341 e. The van der Waals surface area contributed by atoms with Gasteiger partial charge in [0.2, 0.25) is 0 Å². The van der Waals surface area contributed by atoms with E-state index in [2.05, 4.69) is 9.97 Å². The molecule has 0 saturated carbocycles. The average Bonchev–Trinajstić information content (AvgIpc) is 3.20. The highest BCUT2D eigenvalue weighted by Gasteiger charge is 2.31. The topological polar surface area (TPSA) is 66.1 Å². The Hall–Kier alpha value is -2.86. The van der Waals surface area contributed by atoms with Gasteiger partial charge in [-0.1, -0.05) is 48.5 Å². The van der Waals surface area contributed by atoms with Crippen molar-refractivity contribution in [1.82, 2.24) is 14.9 Å². The Balaban J connectivity index is 1.53. The van der Waals surface area contributed by atoms with E-state index in [4.69, 9.17) is 0 Å². The average molecular weight is 420 g/mol. The second kappa shape index (κ2) is 8.88. The SMILES string of the molecule is CSc1ccccc1C(=O)C1CCCN(C(=O)c2nc(-c3ccccc3)[nH]c2C)C1. The summed E-state index contributed by atoms with van der Waals surface area (Å²) in [5, 5.41) is 0. The Morgan fingerprint density at radius 1 is 1.10 bits per heavy atom. The lowest BCUT2D eigenvalue weighted by molar-refractivity contribution is 0.0631. The van der Waals surface area contributed by atoms with E-state index in [1.54, 1.807) is 16.7 Å². The van der Waals surface area contributed by atoms with Gasteiger partial charge < -0.3 is 9.88 Å². The van der Waals surface area contributed by atoms with Crippen molar-refractivity contribution in [3.63, 3.8) is 0 Å². The third-order valence-electron chi connectivity index (χ3n) is 5.59. The second-order valence-electron chi connectivity index (χ2n) is 7.58. The summed E-state index contributed by atoms with van der Waals surface area (Å²) in [5.41, 5.74) is 2.89. The van der Waals surface area contributed by atoms with E-state index in [1.165, 1.54) is 0 Å². The number of hydrogen-bond acceptors (Lipinski definition) is 4. The Labute approximate surface area is 180 Å². The molecule has 1 amide bonds. The number of carbonyl (C=O) groups is 2. The van der Waals surface area contributed by atoms with E-state index in [9.17, 15) is 9.59 Å². The Bertz CT molecular complexity index is 1060. The zero-order valence-electron chi connectivity index (χ0n) is 17.2. The summed E-state index contributed by atoms with van der Waals surface area (Å²) in [5.74, 6) is 0.529. The van der Waals surface area contributed by atoms with Crippen LogP contribution in [0, 0.1) is 12.8 Å². The lowest BCUT2D eigenvalue weighted by atomic mass is 9.90. The summed E-state index contributed by atoms with van der Waals surface area (Å²) < 4.78 is 0. The van der Waals surface area contributed by atoms with E-state index in [0.29, 0.717) is 24.6 Å². The molecule has 0 spiro atoms. The van der Waals surface area contributed by atoms with E-state index in [1.807, 2.05) is 67.8 Å². The van der Waals surface area contributed by atoms with Gasteiger partial charge in [-0.25, -0.2) is 4.98 Å². The number of aryl methyl sites for hydroxylation is 1. The molecule has 154 valence electrons. The molecule has 4 rings (SSSR count). The normalized spacial score (nSPS) is 16.5. The number of aromatic nitrogens is 2. The fourth-order valence-electron chi connectivity index (χ4n) is 3.99. The summed E-state index contributed by atoms with van der Waals surface area (Å²) in [6.45, 7) is 2.96. The number of nitrogens with one attached hydrogen (secondary N) is 1. The zero-order valence-corrected chi connectivity index (χ0v) is 18.0. The van der Waals surface area contributed by atoms with Crippen molar-refractivity contribution >= 4 is 23.5 Å². The van der Waals surface area contributed by atoms with E-state index >= 15 is 0 Å². The van der Waals surface area contributed by atoms with Crippen LogP contribution in [-0.4, -0.2) is 45.9 Å². The third-order valence-corrected chi connectivity index (χ3v) is 6.38. The molecule has 1 atom stereocenters. The highest BCUT2D eigenvalue weighted by molar-refractivity contribution is 7.98. The fourth-order valence-corrected chi connectivity index (χ4v) is 4.60. The number of hydrogen-bond donors (Lipinski definition) is 1. The van der Waals surface area contributed by atoms with Crippen molar-refractivity contribution in [2.75, 3.05) is 19.3 Å². The lowest BCUT2D eigenvalue weighted by Gasteiger charge is -2.32. The van der Waals surface area contributed by atoms with Crippen LogP contribution in [0.1, 0.15) is 39.4 Å². The highest BCUT2D eigenvalue weighted by atomic mass is 32.2. The van der Waals surface area contributed by atoms with Crippen molar-refractivity contribution in [2.24, 2.45) is 5.92 Å². The monoisotopic (exact) mass is 419 g/mol. The first-order valence-corrected chi connectivity index (χ1v) is 11.4. The molecule has 3 aromatic rings. The Morgan fingerprint density at radius 2 is 1.83 bits per heavy atom. The van der Waals surface area contributed by atoms with Crippen molar-refractivity contribution in [3.05, 3.63) is 71.5 Å². The van der Waals surface area contributed by atoms with Crippen LogP contribution >= 0.6 is 11.8 Å². The number of benzene rings is 2. The van der Waals surface area contributed by atoms with Gasteiger partial charge in [-0.15, -0.1) is 11.8 Å². The van der Waals surface area contributed by atoms with E-state index < -0.39 is 0 Å². The summed E-state index contributed by atoms with van der Waals surface area (Å²) in [6.07, 6.45) is 3.60. The van der Waals surface area contributed by atoms with Gasteiger partial charge in [-0.2, -0.15) is 0 Å². The van der Waals surface area contributed by atoms with Crippen LogP contribution in [0.3, 0.4) is 0 Å². The number of thioether (sulfide) groups is 1. The maximum absolute atomic E-state index is 13.2. The number of amides is 1. The standard InChI is InChI=1S/C24H25N3O2S/c1-16-21(26-23(25-16)17-9-4-3-5-10-17)24(29)27-14-8-11-18(15-27)22(28)19-12-6-7-13-20(19)30-2/h3-7,9-10,12-13,18H,8,11,14-15H2,1-2H3,(H,25,26). The van der Waals surface area contributed by atoms with Gasteiger partial charge in [-0.05, 0) is 32.1 Å². The maximum Gasteiger partial charge on any atom is 0.274 e. The van der Waals surface area contributed by atoms with Gasteiger partial charge in [0.1, 0.15) is 11.5 Å². The number of H-pyrrole nitrogens is 1. The van der Waals surface area contributed by atoms with Gasteiger partial charge in [0.15, 0.2) is 5.78 Å². The summed E-state index contributed by atoms with van der Waals surface area (Å²) >= 11 is 1.58. The van der Waals surface area contributed by atoms with Gasteiger partial charge in [0.25, 0.3) is 5.91 Å². The molecule has 1 aliphatic heterocycles. The molecular formula is C24H25N3O2S. The predicted molar refractivity (Wildman–Crippen MR) is 120 cm³/mol. The summed E-state index contributed by atoms with van der Waals surface area (Å²) in [6, 6.07) is 17.5. The molecule has 0 bridgehead atoms. The van der Waals surface area contributed by atoms with E-state index in [0.717, 1.165) is 34.6 Å². The van der Waals surface area contributed by atoms with Crippen molar-refractivity contribution in [3.8, 4) is 11.4 Å². The van der Waals surface area contributed by atoms with Gasteiger partial charge >= 0.3 is 0 Å². The van der Waals surface area contributed by atoms with Crippen molar-refractivity contribution in [2.45, 2.75) is 24.7 Å². The lowest BCUT2D eigenvalue weighted by Crippen LogP contribution is -2.42. The molecule has 0 aliphatic carbocycles. The second-order valence-corrected chi connectivity index (χ2v) is 8.43.